The first kappa shape index (κ1) is 25.2. The number of benzene rings is 3. The summed E-state index contributed by atoms with van der Waals surface area (Å²) in [6.07, 6.45) is 3.69. The van der Waals surface area contributed by atoms with Crippen molar-refractivity contribution in [1.82, 2.24) is 0 Å². The van der Waals surface area contributed by atoms with Gasteiger partial charge in [0.05, 0.1) is 0 Å². The molecule has 2 heteroatoms. The number of hydrogen-bond donors (Lipinski definition) is 2. The third-order valence-electron chi connectivity index (χ3n) is 7.23. The maximum atomic E-state index is 9.47. The molecule has 0 aliphatic carbocycles. The molecule has 3 aromatic carbocycles. The normalized spacial score (nSPS) is 14.1. The van der Waals surface area contributed by atoms with Crippen LogP contribution in [0.15, 0.2) is 66.7 Å². The molecule has 0 spiro atoms. The number of aliphatic hydroxyl groups is 2. The summed E-state index contributed by atoms with van der Waals surface area (Å²) >= 11 is 0. The highest BCUT2D eigenvalue weighted by Crippen LogP contribution is 2.38. The molecule has 0 saturated carbocycles. The van der Waals surface area contributed by atoms with Gasteiger partial charge in [0.2, 0.25) is 0 Å². The van der Waals surface area contributed by atoms with Gasteiger partial charge < -0.3 is 10.2 Å². The Morgan fingerprint density at radius 1 is 0.606 bits per heavy atom. The van der Waals surface area contributed by atoms with Crippen LogP contribution in [0.1, 0.15) is 96.2 Å². The molecule has 0 aliphatic heterocycles. The average Bonchev–Trinajstić information content (AvgIpc) is 2.83. The van der Waals surface area contributed by atoms with Crippen molar-refractivity contribution < 1.29 is 10.2 Å². The van der Waals surface area contributed by atoms with E-state index in [1.165, 1.54) is 38.9 Å². The number of hydrogen-bond acceptors (Lipinski definition) is 2. The third-order valence-corrected chi connectivity index (χ3v) is 7.23. The van der Waals surface area contributed by atoms with Crippen LogP contribution in [-0.4, -0.2) is 23.4 Å². The summed E-state index contributed by atoms with van der Waals surface area (Å²) in [5.41, 5.74) is 9.21. The minimum atomic E-state index is 0.171. The lowest BCUT2D eigenvalue weighted by Crippen LogP contribution is -2.10. The Balaban J connectivity index is 2.08. The quantitative estimate of drug-likeness (QED) is 0.306. The number of aliphatic hydroxyl groups excluding tert-OH is 2. The summed E-state index contributed by atoms with van der Waals surface area (Å²) in [5, 5.41) is 18.9. The van der Waals surface area contributed by atoms with E-state index in [1.807, 2.05) is 0 Å². The Kier molecular flexibility index (Phi) is 9.29. The van der Waals surface area contributed by atoms with Crippen LogP contribution in [0.5, 0.6) is 0 Å². The van der Waals surface area contributed by atoms with E-state index in [0.717, 1.165) is 25.7 Å². The summed E-state index contributed by atoms with van der Waals surface area (Å²) < 4.78 is 0. The molecule has 0 saturated heterocycles. The van der Waals surface area contributed by atoms with E-state index in [0.29, 0.717) is 11.8 Å². The van der Waals surface area contributed by atoms with Gasteiger partial charge in [-0.25, -0.2) is 0 Å². The minimum Gasteiger partial charge on any atom is -0.396 e. The molecule has 33 heavy (non-hydrogen) atoms. The molecule has 3 rings (SSSR count). The smallest absolute Gasteiger partial charge is 0.0436 e. The van der Waals surface area contributed by atoms with Gasteiger partial charge in [0.15, 0.2) is 0 Å². The fraction of sp³-hybridized carbons (Fsp3) is 0.419. The van der Waals surface area contributed by atoms with Crippen molar-refractivity contribution in [1.29, 1.82) is 0 Å². The maximum Gasteiger partial charge on any atom is 0.0436 e. The lowest BCUT2D eigenvalue weighted by Gasteiger charge is -2.25. The predicted molar refractivity (Wildman–Crippen MR) is 139 cm³/mol. The molecular formula is C31H40O2. The van der Waals surface area contributed by atoms with Crippen LogP contribution in [-0.2, 0) is 0 Å². The van der Waals surface area contributed by atoms with Crippen LogP contribution in [0.25, 0.3) is 0 Å². The second-order valence-corrected chi connectivity index (χ2v) is 9.31. The second-order valence-electron chi connectivity index (χ2n) is 9.31. The minimum absolute atomic E-state index is 0.171. The zero-order valence-corrected chi connectivity index (χ0v) is 20.7. The van der Waals surface area contributed by atoms with E-state index in [9.17, 15) is 10.2 Å². The van der Waals surface area contributed by atoms with Gasteiger partial charge in [-0.2, -0.15) is 0 Å². The fourth-order valence-electron chi connectivity index (χ4n) is 5.25. The lowest BCUT2D eigenvalue weighted by molar-refractivity contribution is 0.273. The van der Waals surface area contributed by atoms with Crippen molar-refractivity contribution in [3.8, 4) is 0 Å². The summed E-state index contributed by atoms with van der Waals surface area (Å²) in [6, 6.07) is 24.6. The molecule has 2 nitrogen and oxygen atoms in total. The molecule has 0 fully saturated rings. The molecule has 0 heterocycles. The van der Waals surface area contributed by atoms with E-state index in [4.69, 9.17) is 0 Å². The van der Waals surface area contributed by atoms with Crippen molar-refractivity contribution in [3.63, 3.8) is 0 Å². The maximum absolute atomic E-state index is 9.47. The summed E-state index contributed by atoms with van der Waals surface area (Å²) in [7, 11) is 0. The van der Waals surface area contributed by atoms with E-state index >= 15 is 0 Å². The first-order valence-corrected chi connectivity index (χ1v) is 12.5. The van der Waals surface area contributed by atoms with Crippen LogP contribution in [0.4, 0.5) is 0 Å². The molecule has 3 aromatic rings. The van der Waals surface area contributed by atoms with Crippen LogP contribution in [0.2, 0.25) is 0 Å². The van der Waals surface area contributed by atoms with Crippen LogP contribution >= 0.6 is 0 Å². The fourth-order valence-corrected chi connectivity index (χ4v) is 5.25. The first-order chi connectivity index (χ1) is 16.0. The Morgan fingerprint density at radius 2 is 1.06 bits per heavy atom. The van der Waals surface area contributed by atoms with Crippen molar-refractivity contribution in [2.24, 2.45) is 0 Å². The molecule has 0 radical (unpaired) electrons. The highest BCUT2D eigenvalue weighted by molar-refractivity contribution is 5.50. The van der Waals surface area contributed by atoms with Gasteiger partial charge in [0.1, 0.15) is 0 Å². The van der Waals surface area contributed by atoms with E-state index in [2.05, 4.69) is 94.4 Å². The lowest BCUT2D eigenvalue weighted by atomic mass is 9.79. The zero-order chi connectivity index (χ0) is 23.8. The van der Waals surface area contributed by atoms with Gasteiger partial charge in [-0.05, 0) is 90.3 Å². The Bertz CT molecular complexity index is 945. The van der Waals surface area contributed by atoms with Gasteiger partial charge in [-0.15, -0.1) is 0 Å². The Morgan fingerprint density at radius 3 is 1.42 bits per heavy atom. The molecule has 2 atom stereocenters. The highest BCUT2D eigenvalue weighted by atomic mass is 16.3. The standard InChI is InChI=1S/C31H40O2/c1-5-24(16-18-32)27-12-14-29(22(3)20-27)31(26-10-8-7-9-11-26)30-15-13-28(21-23(30)4)25(6-2)17-19-33/h7-15,20-21,24-25,31-33H,5-6,16-19H2,1-4H3. The zero-order valence-electron chi connectivity index (χ0n) is 20.7. The predicted octanol–water partition coefficient (Wildman–Crippen LogP) is 7.24. The van der Waals surface area contributed by atoms with Crippen molar-refractivity contribution in [3.05, 3.63) is 106 Å². The summed E-state index contributed by atoms with van der Waals surface area (Å²) in [6.45, 7) is 9.29. The largest absolute Gasteiger partial charge is 0.396 e. The van der Waals surface area contributed by atoms with Crippen LogP contribution in [0, 0.1) is 13.8 Å². The molecule has 2 unspecified atom stereocenters. The monoisotopic (exact) mass is 444 g/mol. The van der Waals surface area contributed by atoms with Gasteiger partial charge in [0, 0.05) is 19.1 Å². The molecule has 0 aromatic heterocycles. The van der Waals surface area contributed by atoms with Crippen molar-refractivity contribution in [2.75, 3.05) is 13.2 Å². The number of rotatable bonds is 11. The van der Waals surface area contributed by atoms with Crippen molar-refractivity contribution in [2.45, 2.75) is 71.1 Å². The molecule has 176 valence electrons. The van der Waals surface area contributed by atoms with Gasteiger partial charge in [0.25, 0.3) is 0 Å². The SMILES string of the molecule is CCC(CCO)c1ccc(C(c2ccccc2)c2ccc(C(CC)CCO)cc2C)c(C)c1. The second kappa shape index (κ2) is 12.2. The van der Waals surface area contributed by atoms with E-state index in [-0.39, 0.29) is 19.1 Å². The first-order valence-electron chi connectivity index (χ1n) is 12.5. The topological polar surface area (TPSA) is 40.5 Å². The van der Waals surface area contributed by atoms with E-state index in [1.54, 1.807) is 0 Å². The average molecular weight is 445 g/mol. The molecule has 0 bridgehead atoms. The van der Waals surface area contributed by atoms with Crippen LogP contribution < -0.4 is 0 Å². The van der Waals surface area contributed by atoms with Crippen molar-refractivity contribution >= 4 is 0 Å². The third kappa shape index (κ3) is 5.93. The molecule has 0 aliphatic rings. The molecular weight excluding hydrogens is 404 g/mol. The van der Waals surface area contributed by atoms with Gasteiger partial charge >= 0.3 is 0 Å². The molecule has 2 N–H and O–H groups in total. The van der Waals surface area contributed by atoms with Gasteiger partial charge in [-0.1, -0.05) is 80.6 Å². The van der Waals surface area contributed by atoms with E-state index < -0.39 is 0 Å². The highest BCUT2D eigenvalue weighted by Gasteiger charge is 2.22. The summed E-state index contributed by atoms with van der Waals surface area (Å²) in [5.74, 6) is 0.970. The Labute approximate surface area is 200 Å². The van der Waals surface area contributed by atoms with Crippen LogP contribution in [0.3, 0.4) is 0 Å². The van der Waals surface area contributed by atoms with Gasteiger partial charge in [-0.3, -0.25) is 0 Å². The Hall–Kier alpha value is -2.42. The number of aryl methyl sites for hydroxylation is 2. The molecule has 0 amide bonds. The summed E-state index contributed by atoms with van der Waals surface area (Å²) in [4.78, 5) is 0.